The summed E-state index contributed by atoms with van der Waals surface area (Å²) in [5.74, 6) is -2.75. The van der Waals surface area contributed by atoms with Crippen molar-refractivity contribution in [3.63, 3.8) is 0 Å². The van der Waals surface area contributed by atoms with E-state index in [9.17, 15) is 18.4 Å². The van der Waals surface area contributed by atoms with E-state index in [0.29, 0.717) is 32.4 Å². The van der Waals surface area contributed by atoms with Crippen molar-refractivity contribution in [1.82, 2.24) is 10.2 Å². The van der Waals surface area contributed by atoms with Gasteiger partial charge in [0.2, 0.25) is 0 Å². The number of likely N-dealkylation sites (tertiary alicyclic amines) is 1. The number of halogens is 2. The van der Waals surface area contributed by atoms with Crippen molar-refractivity contribution in [1.29, 1.82) is 0 Å². The number of hydrogen-bond acceptors (Lipinski definition) is 2. The molecule has 2 amide bonds. The lowest BCUT2D eigenvalue weighted by Crippen LogP contribution is -2.46. The van der Waals surface area contributed by atoms with Crippen LogP contribution in [0, 0.1) is 17.6 Å². The van der Waals surface area contributed by atoms with Gasteiger partial charge >= 0.3 is 12.0 Å². The van der Waals surface area contributed by atoms with Crippen LogP contribution >= 0.6 is 0 Å². The van der Waals surface area contributed by atoms with Crippen molar-refractivity contribution in [2.45, 2.75) is 31.2 Å². The first kappa shape index (κ1) is 15.7. The Morgan fingerprint density at radius 1 is 1.17 bits per heavy atom. The SMILES string of the molecule is O=C(O)C1CCN(C(=O)N[C@@H]2C[C@H]2c2c(F)cccc2F)CC1. The van der Waals surface area contributed by atoms with Gasteiger partial charge in [-0.25, -0.2) is 13.6 Å². The fourth-order valence-electron chi connectivity index (χ4n) is 3.12. The first-order valence-corrected chi connectivity index (χ1v) is 7.69. The molecule has 0 radical (unpaired) electrons. The fourth-order valence-corrected chi connectivity index (χ4v) is 3.12. The summed E-state index contributed by atoms with van der Waals surface area (Å²) in [6.07, 6.45) is 1.37. The molecule has 1 aliphatic carbocycles. The predicted octanol–water partition coefficient (Wildman–Crippen LogP) is 2.33. The second-order valence-corrected chi connectivity index (χ2v) is 6.13. The molecule has 7 heteroatoms. The summed E-state index contributed by atoms with van der Waals surface area (Å²) in [7, 11) is 0. The number of carboxylic acid groups (broad SMARTS) is 1. The second kappa shape index (κ2) is 6.14. The van der Waals surface area contributed by atoms with Gasteiger partial charge in [-0.1, -0.05) is 6.07 Å². The number of urea groups is 1. The molecule has 1 aromatic rings. The molecule has 1 saturated carbocycles. The number of rotatable bonds is 3. The Morgan fingerprint density at radius 2 is 1.78 bits per heavy atom. The topological polar surface area (TPSA) is 69.6 Å². The highest BCUT2D eigenvalue weighted by Crippen LogP contribution is 2.43. The third-order valence-electron chi connectivity index (χ3n) is 4.60. The lowest BCUT2D eigenvalue weighted by atomic mass is 9.97. The van der Waals surface area contributed by atoms with Crippen molar-refractivity contribution in [2.24, 2.45) is 5.92 Å². The predicted molar refractivity (Wildman–Crippen MR) is 78.0 cm³/mol. The number of carbonyl (C=O) groups excluding carboxylic acids is 1. The van der Waals surface area contributed by atoms with Crippen LogP contribution in [0.5, 0.6) is 0 Å². The minimum atomic E-state index is -0.831. The number of amides is 2. The smallest absolute Gasteiger partial charge is 0.317 e. The maximum absolute atomic E-state index is 13.7. The van der Waals surface area contributed by atoms with Gasteiger partial charge in [0.05, 0.1) is 5.92 Å². The summed E-state index contributed by atoms with van der Waals surface area (Å²) in [4.78, 5) is 24.6. The van der Waals surface area contributed by atoms with Crippen LogP contribution in [-0.4, -0.2) is 41.1 Å². The molecule has 0 spiro atoms. The minimum Gasteiger partial charge on any atom is -0.481 e. The maximum Gasteiger partial charge on any atom is 0.317 e. The summed E-state index contributed by atoms with van der Waals surface area (Å²) in [5, 5.41) is 11.7. The summed E-state index contributed by atoms with van der Waals surface area (Å²) < 4.78 is 27.4. The standard InChI is InChI=1S/C16H18F2N2O3/c17-11-2-1-3-12(18)14(11)10-8-13(10)19-16(23)20-6-4-9(5-7-20)15(21)22/h1-3,9-10,13H,4-8H2,(H,19,23)(H,21,22)/t10-,13-/m1/s1. The molecule has 3 rings (SSSR count). The number of hydrogen-bond donors (Lipinski definition) is 2. The van der Waals surface area contributed by atoms with E-state index in [2.05, 4.69) is 5.32 Å². The number of nitrogens with zero attached hydrogens (tertiary/aromatic N) is 1. The maximum atomic E-state index is 13.7. The molecule has 1 aromatic carbocycles. The van der Waals surface area contributed by atoms with Gasteiger partial charge in [0.15, 0.2) is 0 Å². The molecule has 5 nitrogen and oxygen atoms in total. The Bertz CT molecular complexity index is 610. The molecule has 2 fully saturated rings. The van der Waals surface area contributed by atoms with E-state index in [1.165, 1.54) is 18.2 Å². The largest absolute Gasteiger partial charge is 0.481 e. The Morgan fingerprint density at radius 3 is 2.35 bits per heavy atom. The number of carbonyl (C=O) groups is 2. The van der Waals surface area contributed by atoms with E-state index in [1.54, 1.807) is 4.90 Å². The Hall–Kier alpha value is -2.18. The average molecular weight is 324 g/mol. The molecule has 2 atom stereocenters. The summed E-state index contributed by atoms with van der Waals surface area (Å²) in [5.41, 5.74) is 0.0300. The van der Waals surface area contributed by atoms with Gasteiger partial charge < -0.3 is 15.3 Å². The van der Waals surface area contributed by atoms with E-state index >= 15 is 0 Å². The Labute approximate surface area is 132 Å². The van der Waals surface area contributed by atoms with E-state index in [4.69, 9.17) is 5.11 Å². The zero-order valence-corrected chi connectivity index (χ0v) is 12.5. The van der Waals surface area contributed by atoms with Gasteiger partial charge in [-0.3, -0.25) is 4.79 Å². The highest BCUT2D eigenvalue weighted by atomic mass is 19.1. The van der Waals surface area contributed by atoms with Gasteiger partial charge in [0, 0.05) is 30.6 Å². The molecule has 2 aliphatic rings. The quantitative estimate of drug-likeness (QED) is 0.896. The lowest BCUT2D eigenvalue weighted by Gasteiger charge is -2.30. The first-order valence-electron chi connectivity index (χ1n) is 7.69. The molecule has 0 unspecified atom stereocenters. The van der Waals surface area contributed by atoms with Crippen molar-refractivity contribution >= 4 is 12.0 Å². The molecule has 0 aromatic heterocycles. The third kappa shape index (κ3) is 3.28. The number of aliphatic carboxylic acids is 1. The molecule has 1 saturated heterocycles. The third-order valence-corrected chi connectivity index (χ3v) is 4.60. The van der Waals surface area contributed by atoms with E-state index in [0.717, 1.165) is 0 Å². The normalized spacial score (nSPS) is 24.3. The van der Waals surface area contributed by atoms with Crippen LogP contribution < -0.4 is 5.32 Å². The highest BCUT2D eigenvalue weighted by molar-refractivity contribution is 5.76. The van der Waals surface area contributed by atoms with Gasteiger partial charge in [0.1, 0.15) is 11.6 Å². The number of nitrogens with one attached hydrogen (secondary N) is 1. The molecule has 1 heterocycles. The van der Waals surface area contributed by atoms with Crippen LogP contribution in [-0.2, 0) is 4.79 Å². The van der Waals surface area contributed by atoms with Gasteiger partial charge in [-0.05, 0) is 31.4 Å². The van der Waals surface area contributed by atoms with Crippen LogP contribution in [0.25, 0.3) is 0 Å². The van der Waals surface area contributed by atoms with Crippen LogP contribution in [0.15, 0.2) is 18.2 Å². The molecule has 1 aliphatic heterocycles. The zero-order chi connectivity index (χ0) is 16.6. The van der Waals surface area contributed by atoms with Crippen LogP contribution in [0.4, 0.5) is 13.6 Å². The Balaban J connectivity index is 1.54. The van der Waals surface area contributed by atoms with Gasteiger partial charge in [-0.15, -0.1) is 0 Å². The summed E-state index contributed by atoms with van der Waals surface area (Å²) >= 11 is 0. The second-order valence-electron chi connectivity index (χ2n) is 6.13. The zero-order valence-electron chi connectivity index (χ0n) is 12.5. The van der Waals surface area contributed by atoms with Crippen molar-refractivity contribution in [2.75, 3.05) is 13.1 Å². The lowest BCUT2D eigenvalue weighted by molar-refractivity contribution is -0.143. The minimum absolute atomic E-state index is 0.0300. The highest BCUT2D eigenvalue weighted by Gasteiger charge is 2.43. The fraction of sp³-hybridized carbons (Fsp3) is 0.500. The molecule has 2 N–H and O–H groups in total. The van der Waals surface area contributed by atoms with Crippen molar-refractivity contribution < 1.29 is 23.5 Å². The average Bonchev–Trinajstić information content (AvgIpc) is 3.26. The van der Waals surface area contributed by atoms with Crippen molar-refractivity contribution in [3.8, 4) is 0 Å². The van der Waals surface area contributed by atoms with Crippen LogP contribution in [0.3, 0.4) is 0 Å². The first-order chi connectivity index (χ1) is 11.0. The number of piperidine rings is 1. The van der Waals surface area contributed by atoms with E-state index in [-0.39, 0.29) is 23.6 Å². The summed E-state index contributed by atoms with van der Waals surface area (Å²) in [6, 6.07) is 3.18. The summed E-state index contributed by atoms with van der Waals surface area (Å²) in [6.45, 7) is 0.766. The molecule has 124 valence electrons. The van der Waals surface area contributed by atoms with Gasteiger partial charge in [0.25, 0.3) is 0 Å². The van der Waals surface area contributed by atoms with Crippen molar-refractivity contribution in [3.05, 3.63) is 35.4 Å². The van der Waals surface area contributed by atoms with E-state index < -0.39 is 23.5 Å². The Kier molecular flexibility index (Phi) is 4.19. The number of benzene rings is 1. The molecule has 0 bridgehead atoms. The molecule has 23 heavy (non-hydrogen) atoms. The monoisotopic (exact) mass is 324 g/mol. The number of carboxylic acids is 1. The molecular formula is C16H18F2N2O3. The molecular weight excluding hydrogens is 306 g/mol. The van der Waals surface area contributed by atoms with Gasteiger partial charge in [-0.2, -0.15) is 0 Å². The van der Waals surface area contributed by atoms with Crippen LogP contribution in [0.1, 0.15) is 30.7 Å². The van der Waals surface area contributed by atoms with Crippen LogP contribution in [0.2, 0.25) is 0 Å². The van der Waals surface area contributed by atoms with E-state index in [1.807, 2.05) is 0 Å².